The van der Waals surface area contributed by atoms with E-state index in [0.717, 1.165) is 5.56 Å². The van der Waals surface area contributed by atoms with E-state index in [-0.39, 0.29) is 24.2 Å². The summed E-state index contributed by atoms with van der Waals surface area (Å²) in [5.41, 5.74) is 0.933. The molecule has 0 fully saturated rings. The minimum atomic E-state index is -0.986. The number of benzene rings is 1. The number of aromatic carboxylic acids is 1. The third-order valence-corrected chi connectivity index (χ3v) is 2.58. The van der Waals surface area contributed by atoms with E-state index in [4.69, 9.17) is 9.84 Å². The van der Waals surface area contributed by atoms with Gasteiger partial charge < -0.3 is 20.5 Å². The second-order valence-electron chi connectivity index (χ2n) is 4.12. The SMILES string of the molecule is COC(C)CNC(=O)NCc1cccc(C(=O)O)c1. The van der Waals surface area contributed by atoms with E-state index in [2.05, 4.69) is 10.6 Å². The van der Waals surface area contributed by atoms with Gasteiger partial charge in [0.25, 0.3) is 0 Å². The second-order valence-corrected chi connectivity index (χ2v) is 4.12. The van der Waals surface area contributed by atoms with Crippen molar-refractivity contribution in [3.05, 3.63) is 35.4 Å². The highest BCUT2D eigenvalue weighted by Crippen LogP contribution is 2.04. The first-order valence-electron chi connectivity index (χ1n) is 5.89. The van der Waals surface area contributed by atoms with Crippen molar-refractivity contribution < 1.29 is 19.4 Å². The van der Waals surface area contributed by atoms with Crippen LogP contribution < -0.4 is 10.6 Å². The number of carbonyl (C=O) groups excluding carboxylic acids is 1. The normalized spacial score (nSPS) is 11.7. The molecule has 19 heavy (non-hydrogen) atoms. The predicted molar refractivity (Wildman–Crippen MR) is 70.1 cm³/mol. The molecule has 3 N–H and O–H groups in total. The molecule has 0 bridgehead atoms. The molecule has 2 amide bonds. The molecule has 104 valence electrons. The molecule has 0 spiro atoms. The fourth-order valence-electron chi connectivity index (χ4n) is 1.38. The van der Waals surface area contributed by atoms with Crippen LogP contribution in [0.4, 0.5) is 4.79 Å². The Bertz CT molecular complexity index is 448. The quantitative estimate of drug-likeness (QED) is 0.722. The summed E-state index contributed by atoms with van der Waals surface area (Å²) in [6.45, 7) is 2.53. The first-order valence-corrected chi connectivity index (χ1v) is 5.89. The fourth-order valence-corrected chi connectivity index (χ4v) is 1.38. The van der Waals surface area contributed by atoms with Crippen molar-refractivity contribution in [3.63, 3.8) is 0 Å². The van der Waals surface area contributed by atoms with Crippen LogP contribution in [0.5, 0.6) is 0 Å². The number of ether oxygens (including phenoxy) is 1. The van der Waals surface area contributed by atoms with Crippen molar-refractivity contribution in [1.29, 1.82) is 0 Å². The van der Waals surface area contributed by atoms with Crippen LogP contribution in [0.25, 0.3) is 0 Å². The van der Waals surface area contributed by atoms with E-state index in [1.54, 1.807) is 19.2 Å². The predicted octanol–water partition coefficient (Wildman–Crippen LogP) is 1.22. The van der Waals surface area contributed by atoms with Gasteiger partial charge in [0.1, 0.15) is 0 Å². The van der Waals surface area contributed by atoms with Crippen molar-refractivity contribution in [2.45, 2.75) is 19.6 Å². The van der Waals surface area contributed by atoms with E-state index in [0.29, 0.717) is 6.54 Å². The maximum atomic E-state index is 11.5. The molecule has 0 saturated carbocycles. The lowest BCUT2D eigenvalue weighted by Crippen LogP contribution is -2.39. The van der Waals surface area contributed by atoms with Gasteiger partial charge in [-0.1, -0.05) is 12.1 Å². The lowest BCUT2D eigenvalue weighted by atomic mass is 10.1. The van der Waals surface area contributed by atoms with Crippen molar-refractivity contribution in [1.82, 2.24) is 10.6 Å². The molecule has 0 aliphatic carbocycles. The Balaban J connectivity index is 2.42. The van der Waals surface area contributed by atoms with E-state index in [9.17, 15) is 9.59 Å². The molecule has 6 nitrogen and oxygen atoms in total. The summed E-state index contributed by atoms with van der Waals surface area (Å²) < 4.78 is 5.00. The molecule has 0 aromatic heterocycles. The van der Waals surface area contributed by atoms with E-state index in [1.807, 2.05) is 6.92 Å². The lowest BCUT2D eigenvalue weighted by molar-refractivity contribution is 0.0696. The maximum Gasteiger partial charge on any atom is 0.335 e. The zero-order valence-electron chi connectivity index (χ0n) is 11.0. The molecule has 0 aliphatic rings. The zero-order chi connectivity index (χ0) is 14.3. The number of hydrogen-bond donors (Lipinski definition) is 3. The van der Waals surface area contributed by atoms with Gasteiger partial charge in [-0.2, -0.15) is 0 Å². The van der Waals surface area contributed by atoms with Crippen LogP contribution in [0, 0.1) is 0 Å². The standard InChI is InChI=1S/C13H18N2O4/c1-9(19-2)7-14-13(18)15-8-10-4-3-5-11(6-10)12(16)17/h3-6,9H,7-8H2,1-2H3,(H,16,17)(H2,14,15,18). The summed E-state index contributed by atoms with van der Waals surface area (Å²) in [6.07, 6.45) is -0.0545. The third-order valence-electron chi connectivity index (χ3n) is 2.58. The van der Waals surface area contributed by atoms with Crippen LogP contribution in [0.3, 0.4) is 0 Å². The summed E-state index contributed by atoms with van der Waals surface area (Å²) in [4.78, 5) is 22.2. The highest BCUT2D eigenvalue weighted by molar-refractivity contribution is 5.87. The number of nitrogens with one attached hydrogen (secondary N) is 2. The Labute approximate surface area is 111 Å². The van der Waals surface area contributed by atoms with Gasteiger partial charge in [0.15, 0.2) is 0 Å². The van der Waals surface area contributed by atoms with Crippen LogP contribution in [0.1, 0.15) is 22.8 Å². The van der Waals surface area contributed by atoms with Gasteiger partial charge in [-0.25, -0.2) is 9.59 Å². The number of carbonyl (C=O) groups is 2. The van der Waals surface area contributed by atoms with Crippen molar-refractivity contribution >= 4 is 12.0 Å². The highest BCUT2D eigenvalue weighted by atomic mass is 16.5. The Morgan fingerprint density at radius 1 is 1.37 bits per heavy atom. The summed E-state index contributed by atoms with van der Waals surface area (Å²) in [6, 6.07) is 6.12. The van der Waals surface area contributed by atoms with Gasteiger partial charge in [-0.3, -0.25) is 0 Å². The van der Waals surface area contributed by atoms with Crippen molar-refractivity contribution in [3.8, 4) is 0 Å². The number of carboxylic acid groups (broad SMARTS) is 1. The Hall–Kier alpha value is -2.08. The van der Waals surface area contributed by atoms with Gasteiger partial charge in [0.05, 0.1) is 11.7 Å². The second kappa shape index (κ2) is 7.38. The minimum Gasteiger partial charge on any atom is -0.478 e. The molecule has 0 saturated heterocycles. The molecule has 1 rings (SSSR count). The van der Waals surface area contributed by atoms with Crippen molar-refractivity contribution in [2.75, 3.05) is 13.7 Å². The van der Waals surface area contributed by atoms with Gasteiger partial charge >= 0.3 is 12.0 Å². The Morgan fingerprint density at radius 2 is 2.11 bits per heavy atom. The number of urea groups is 1. The average molecular weight is 266 g/mol. The monoisotopic (exact) mass is 266 g/mol. The molecule has 1 unspecified atom stereocenters. The van der Waals surface area contributed by atoms with Crippen LogP contribution in [0.2, 0.25) is 0 Å². The largest absolute Gasteiger partial charge is 0.478 e. The van der Waals surface area contributed by atoms with Gasteiger partial charge in [-0.05, 0) is 24.6 Å². The molecule has 0 heterocycles. The number of carboxylic acids is 1. The average Bonchev–Trinajstić information content (AvgIpc) is 2.42. The lowest BCUT2D eigenvalue weighted by Gasteiger charge is -2.11. The molecule has 1 atom stereocenters. The smallest absolute Gasteiger partial charge is 0.335 e. The Kier molecular flexibility index (Phi) is 5.81. The molecular formula is C13H18N2O4. The summed E-state index contributed by atoms with van der Waals surface area (Å²) in [5, 5.41) is 14.1. The maximum absolute atomic E-state index is 11.5. The van der Waals surface area contributed by atoms with Crippen LogP contribution in [-0.4, -0.2) is 36.9 Å². The van der Waals surface area contributed by atoms with Gasteiger partial charge in [0, 0.05) is 20.2 Å². The Morgan fingerprint density at radius 3 is 2.74 bits per heavy atom. The number of amides is 2. The topological polar surface area (TPSA) is 87.7 Å². The molecule has 6 heteroatoms. The summed E-state index contributed by atoms with van der Waals surface area (Å²) >= 11 is 0. The van der Waals surface area contributed by atoms with Gasteiger partial charge in [0.2, 0.25) is 0 Å². The molecule has 0 radical (unpaired) electrons. The van der Waals surface area contributed by atoms with E-state index in [1.165, 1.54) is 12.1 Å². The fraction of sp³-hybridized carbons (Fsp3) is 0.385. The van der Waals surface area contributed by atoms with Gasteiger partial charge in [-0.15, -0.1) is 0 Å². The number of rotatable bonds is 6. The molecular weight excluding hydrogens is 248 g/mol. The van der Waals surface area contributed by atoms with Crippen LogP contribution >= 0.6 is 0 Å². The first-order chi connectivity index (χ1) is 9.02. The van der Waals surface area contributed by atoms with Crippen LogP contribution in [-0.2, 0) is 11.3 Å². The molecule has 1 aromatic rings. The number of methoxy groups -OCH3 is 1. The summed E-state index contributed by atoms with van der Waals surface area (Å²) in [5.74, 6) is -0.986. The molecule has 1 aromatic carbocycles. The zero-order valence-corrected chi connectivity index (χ0v) is 11.0. The minimum absolute atomic E-state index is 0.0545. The molecule has 0 aliphatic heterocycles. The van der Waals surface area contributed by atoms with Crippen molar-refractivity contribution in [2.24, 2.45) is 0 Å². The summed E-state index contributed by atoms with van der Waals surface area (Å²) in [7, 11) is 1.57. The third kappa shape index (κ3) is 5.39. The van der Waals surface area contributed by atoms with Crippen LogP contribution in [0.15, 0.2) is 24.3 Å². The van der Waals surface area contributed by atoms with E-state index < -0.39 is 5.97 Å². The van der Waals surface area contributed by atoms with E-state index >= 15 is 0 Å². The first kappa shape index (κ1) is 15.0. The number of hydrogen-bond acceptors (Lipinski definition) is 3. The highest BCUT2D eigenvalue weighted by Gasteiger charge is 2.06.